The molecule has 1 saturated heterocycles. The molecule has 2 heterocycles. The average molecular weight is 427 g/mol. The van der Waals surface area contributed by atoms with E-state index in [1.54, 1.807) is 11.0 Å². The zero-order chi connectivity index (χ0) is 19.9. The average Bonchev–Trinajstić information content (AvgIpc) is 3.17. The number of piperazine rings is 1. The van der Waals surface area contributed by atoms with Crippen molar-refractivity contribution >= 4 is 27.5 Å². The molecule has 0 radical (unpaired) electrons. The van der Waals surface area contributed by atoms with E-state index in [1.165, 1.54) is 28.6 Å². The van der Waals surface area contributed by atoms with Gasteiger partial charge < -0.3 is 14.4 Å². The van der Waals surface area contributed by atoms with E-state index >= 15 is 0 Å². The number of amides is 1. The van der Waals surface area contributed by atoms with Gasteiger partial charge in [0.25, 0.3) is 5.91 Å². The first-order valence-electron chi connectivity index (χ1n) is 8.50. The van der Waals surface area contributed by atoms with Gasteiger partial charge in [-0.1, -0.05) is 17.7 Å². The minimum absolute atomic E-state index is 0.0450. The van der Waals surface area contributed by atoms with E-state index < -0.39 is 15.8 Å². The van der Waals surface area contributed by atoms with Crippen LogP contribution in [0.15, 0.2) is 41.3 Å². The summed E-state index contributed by atoms with van der Waals surface area (Å²) in [5.41, 5.74) is 0.343. The van der Waals surface area contributed by atoms with Crippen molar-refractivity contribution in [1.82, 2.24) is 9.21 Å². The van der Waals surface area contributed by atoms with Crippen LogP contribution < -0.4 is 9.47 Å². The molecule has 2 aromatic carbocycles. The molecular formula is C18H16ClFN2O5S. The largest absolute Gasteiger partial charge is 0.454 e. The van der Waals surface area contributed by atoms with E-state index in [0.717, 1.165) is 6.07 Å². The third-order valence-electron chi connectivity index (χ3n) is 4.63. The van der Waals surface area contributed by atoms with E-state index in [0.29, 0.717) is 17.1 Å². The van der Waals surface area contributed by atoms with Gasteiger partial charge in [0.1, 0.15) is 5.82 Å². The number of rotatable bonds is 3. The van der Waals surface area contributed by atoms with Gasteiger partial charge in [-0.2, -0.15) is 4.31 Å². The lowest BCUT2D eigenvalue weighted by molar-refractivity contribution is 0.0697. The molecule has 0 atom stereocenters. The number of ether oxygens (including phenoxy) is 2. The standard InChI is InChI=1S/C18H16ClFN2O5S/c19-15-8-12(9-16-17(15)27-11-26-16)18(23)21-4-6-22(7-5-21)28(24,25)14-3-1-2-13(20)10-14/h1-3,8-10H,4-7,11H2. The highest BCUT2D eigenvalue weighted by Crippen LogP contribution is 2.40. The van der Waals surface area contributed by atoms with Crippen molar-refractivity contribution < 1.29 is 27.1 Å². The summed E-state index contributed by atoms with van der Waals surface area (Å²) >= 11 is 6.13. The molecule has 1 fully saturated rings. The highest BCUT2D eigenvalue weighted by Gasteiger charge is 2.31. The fourth-order valence-electron chi connectivity index (χ4n) is 3.18. The molecule has 7 nitrogen and oxygen atoms in total. The van der Waals surface area contributed by atoms with Gasteiger partial charge in [0, 0.05) is 31.7 Å². The molecular weight excluding hydrogens is 411 g/mol. The molecule has 2 aromatic rings. The van der Waals surface area contributed by atoms with Gasteiger partial charge in [0.2, 0.25) is 16.8 Å². The monoisotopic (exact) mass is 426 g/mol. The first kappa shape index (κ1) is 19.0. The van der Waals surface area contributed by atoms with Crippen molar-refractivity contribution in [2.45, 2.75) is 4.90 Å². The number of halogens is 2. The summed E-state index contributed by atoms with van der Waals surface area (Å²) in [5.74, 6) is -0.0787. The quantitative estimate of drug-likeness (QED) is 0.753. The smallest absolute Gasteiger partial charge is 0.254 e. The van der Waals surface area contributed by atoms with Gasteiger partial charge in [0.15, 0.2) is 11.5 Å². The fourth-order valence-corrected chi connectivity index (χ4v) is 4.90. The van der Waals surface area contributed by atoms with Crippen LogP contribution in [0.1, 0.15) is 10.4 Å². The van der Waals surface area contributed by atoms with Gasteiger partial charge in [-0.3, -0.25) is 4.79 Å². The topological polar surface area (TPSA) is 76.2 Å². The second-order valence-corrected chi connectivity index (χ2v) is 8.69. The fraction of sp³-hybridized carbons (Fsp3) is 0.278. The second-order valence-electron chi connectivity index (χ2n) is 6.35. The molecule has 0 bridgehead atoms. The Morgan fingerprint density at radius 3 is 2.54 bits per heavy atom. The van der Waals surface area contributed by atoms with Crippen molar-refractivity contribution in [2.75, 3.05) is 33.0 Å². The first-order valence-corrected chi connectivity index (χ1v) is 10.3. The summed E-state index contributed by atoms with van der Waals surface area (Å²) in [6, 6.07) is 7.95. The van der Waals surface area contributed by atoms with Crippen molar-refractivity contribution in [1.29, 1.82) is 0 Å². The van der Waals surface area contributed by atoms with Crippen LogP contribution >= 0.6 is 11.6 Å². The van der Waals surface area contributed by atoms with Gasteiger partial charge in [-0.25, -0.2) is 12.8 Å². The van der Waals surface area contributed by atoms with E-state index in [9.17, 15) is 17.6 Å². The Bertz CT molecular complexity index is 1040. The molecule has 0 aliphatic carbocycles. The van der Waals surface area contributed by atoms with E-state index in [1.807, 2.05) is 0 Å². The second kappa shape index (κ2) is 7.23. The van der Waals surface area contributed by atoms with Gasteiger partial charge in [-0.05, 0) is 30.3 Å². The van der Waals surface area contributed by atoms with E-state index in [-0.39, 0.29) is 48.8 Å². The van der Waals surface area contributed by atoms with Crippen molar-refractivity contribution in [3.05, 3.63) is 52.8 Å². The predicted octanol–water partition coefficient (Wildman–Crippen LogP) is 2.35. The Kier molecular flexibility index (Phi) is 4.90. The number of fused-ring (bicyclic) bond motifs is 1. The number of sulfonamides is 1. The molecule has 4 rings (SSSR count). The summed E-state index contributed by atoms with van der Waals surface area (Å²) in [6.07, 6.45) is 0. The van der Waals surface area contributed by atoms with Crippen LogP contribution in [0, 0.1) is 5.82 Å². The Morgan fingerprint density at radius 2 is 1.82 bits per heavy atom. The van der Waals surface area contributed by atoms with Gasteiger partial charge >= 0.3 is 0 Å². The lowest BCUT2D eigenvalue weighted by Crippen LogP contribution is -2.50. The zero-order valence-corrected chi connectivity index (χ0v) is 16.2. The maximum absolute atomic E-state index is 13.4. The third-order valence-corrected chi connectivity index (χ3v) is 6.81. The van der Waals surface area contributed by atoms with E-state index in [4.69, 9.17) is 21.1 Å². The molecule has 2 aliphatic rings. The number of carbonyl (C=O) groups excluding carboxylic acids is 1. The normalized spacial score (nSPS) is 17.0. The molecule has 148 valence electrons. The molecule has 1 amide bonds. The van der Waals surface area contributed by atoms with Crippen LogP contribution in [-0.2, 0) is 10.0 Å². The van der Waals surface area contributed by atoms with Crippen LogP contribution in [0.5, 0.6) is 11.5 Å². The van der Waals surface area contributed by atoms with Gasteiger partial charge in [-0.15, -0.1) is 0 Å². The number of hydrogen-bond acceptors (Lipinski definition) is 5. The highest BCUT2D eigenvalue weighted by atomic mass is 35.5. The maximum Gasteiger partial charge on any atom is 0.254 e. The third kappa shape index (κ3) is 3.41. The van der Waals surface area contributed by atoms with Crippen LogP contribution in [0.4, 0.5) is 4.39 Å². The number of benzene rings is 2. The summed E-state index contributed by atoms with van der Waals surface area (Å²) < 4.78 is 50.5. The lowest BCUT2D eigenvalue weighted by atomic mass is 10.1. The van der Waals surface area contributed by atoms with Crippen LogP contribution in [0.3, 0.4) is 0 Å². The van der Waals surface area contributed by atoms with E-state index in [2.05, 4.69) is 0 Å². The van der Waals surface area contributed by atoms with Crippen LogP contribution in [0.2, 0.25) is 5.02 Å². The minimum atomic E-state index is -3.82. The predicted molar refractivity (Wildman–Crippen MR) is 98.6 cm³/mol. The molecule has 28 heavy (non-hydrogen) atoms. The summed E-state index contributed by atoms with van der Waals surface area (Å²) in [4.78, 5) is 14.2. The molecule has 0 unspecified atom stereocenters. The van der Waals surface area contributed by atoms with Crippen LogP contribution in [0.25, 0.3) is 0 Å². The summed E-state index contributed by atoms with van der Waals surface area (Å²) in [7, 11) is -3.82. The van der Waals surface area contributed by atoms with Crippen molar-refractivity contribution in [3.63, 3.8) is 0 Å². The molecule has 0 saturated carbocycles. The summed E-state index contributed by atoms with van der Waals surface area (Å²) in [6.45, 7) is 0.688. The molecule has 2 aliphatic heterocycles. The molecule has 0 spiro atoms. The molecule has 0 N–H and O–H groups in total. The SMILES string of the molecule is O=C(c1cc(Cl)c2c(c1)OCO2)N1CCN(S(=O)(=O)c2cccc(F)c2)CC1. The number of nitrogens with zero attached hydrogens (tertiary/aromatic N) is 2. The first-order chi connectivity index (χ1) is 13.4. The Balaban J connectivity index is 1.47. The highest BCUT2D eigenvalue weighted by molar-refractivity contribution is 7.89. The van der Waals surface area contributed by atoms with Crippen molar-refractivity contribution in [3.8, 4) is 11.5 Å². The Morgan fingerprint density at radius 1 is 1.07 bits per heavy atom. The summed E-state index contributed by atoms with van der Waals surface area (Å²) in [5, 5.41) is 0.283. The maximum atomic E-state index is 13.4. The Hall–Kier alpha value is -2.36. The number of carbonyl (C=O) groups is 1. The zero-order valence-electron chi connectivity index (χ0n) is 14.6. The van der Waals surface area contributed by atoms with Crippen molar-refractivity contribution in [2.24, 2.45) is 0 Å². The van der Waals surface area contributed by atoms with Crippen LogP contribution in [-0.4, -0.2) is 56.5 Å². The minimum Gasteiger partial charge on any atom is -0.454 e. The Labute approximate surface area is 166 Å². The van der Waals surface area contributed by atoms with Gasteiger partial charge in [0.05, 0.1) is 9.92 Å². The molecule has 0 aromatic heterocycles. The number of hydrogen-bond donors (Lipinski definition) is 0. The molecule has 10 heteroatoms. The lowest BCUT2D eigenvalue weighted by Gasteiger charge is -2.34.